The second kappa shape index (κ2) is 7.59. The highest BCUT2D eigenvalue weighted by atomic mass is 16.2. The summed E-state index contributed by atoms with van der Waals surface area (Å²) >= 11 is 0. The Balaban J connectivity index is 1.39. The lowest BCUT2D eigenvalue weighted by atomic mass is 9.93. The van der Waals surface area contributed by atoms with Crippen LogP contribution in [0.15, 0.2) is 29.6 Å². The molecule has 2 aliphatic rings. The molecule has 9 nitrogen and oxygen atoms in total. The fourth-order valence-corrected chi connectivity index (χ4v) is 4.06. The summed E-state index contributed by atoms with van der Waals surface area (Å²) in [4.78, 5) is 32.7. The Morgan fingerprint density at radius 2 is 1.93 bits per heavy atom. The van der Waals surface area contributed by atoms with Crippen LogP contribution < -0.4 is 5.56 Å². The van der Waals surface area contributed by atoms with Crippen molar-refractivity contribution < 1.29 is 4.79 Å². The van der Waals surface area contributed by atoms with Crippen molar-refractivity contribution in [2.75, 3.05) is 26.7 Å². The van der Waals surface area contributed by atoms with E-state index in [1.54, 1.807) is 17.1 Å². The number of aromatic nitrogens is 5. The van der Waals surface area contributed by atoms with Gasteiger partial charge >= 0.3 is 0 Å². The van der Waals surface area contributed by atoms with Crippen LogP contribution in [0.25, 0.3) is 5.82 Å². The maximum absolute atomic E-state index is 12.4. The van der Waals surface area contributed by atoms with Gasteiger partial charge in [0, 0.05) is 26.2 Å². The topological polar surface area (TPSA) is 89.2 Å². The molecule has 0 aromatic carbocycles. The van der Waals surface area contributed by atoms with Gasteiger partial charge in [0.05, 0.1) is 6.04 Å². The van der Waals surface area contributed by atoms with Crippen molar-refractivity contribution >= 4 is 5.91 Å². The second-order valence-electron chi connectivity index (χ2n) is 7.45. The summed E-state index contributed by atoms with van der Waals surface area (Å²) in [5, 5.41) is 8.49. The number of rotatable bonds is 4. The van der Waals surface area contributed by atoms with Gasteiger partial charge in [-0.2, -0.15) is 5.10 Å². The molecular weight excluding hydrogens is 346 g/mol. The third-order valence-electron chi connectivity index (χ3n) is 5.66. The fourth-order valence-electron chi connectivity index (χ4n) is 4.06. The summed E-state index contributed by atoms with van der Waals surface area (Å²) < 4.78 is 3.07. The molecule has 2 aliphatic heterocycles. The minimum Gasteiger partial charge on any atom is -0.344 e. The van der Waals surface area contributed by atoms with Gasteiger partial charge in [-0.25, -0.2) is 14.3 Å². The van der Waals surface area contributed by atoms with E-state index in [0.29, 0.717) is 18.3 Å². The molecule has 1 atom stereocenters. The SMILES string of the molecule is CN1CCCC(N2CCC(Cn3nc(-n4cncn4)ccc3=O)CC2)C1=O. The van der Waals surface area contributed by atoms with Gasteiger partial charge in [0.25, 0.3) is 5.56 Å². The number of likely N-dealkylation sites (tertiary alicyclic amines) is 2. The lowest BCUT2D eigenvalue weighted by molar-refractivity contribution is -0.139. The van der Waals surface area contributed by atoms with E-state index >= 15 is 0 Å². The van der Waals surface area contributed by atoms with E-state index in [-0.39, 0.29) is 17.5 Å². The summed E-state index contributed by atoms with van der Waals surface area (Å²) in [5.41, 5.74) is -0.106. The first-order valence-corrected chi connectivity index (χ1v) is 9.54. The number of hydrogen-bond acceptors (Lipinski definition) is 6. The predicted molar refractivity (Wildman–Crippen MR) is 98.4 cm³/mol. The van der Waals surface area contributed by atoms with Crippen molar-refractivity contribution in [2.45, 2.75) is 38.3 Å². The number of hydrogen-bond donors (Lipinski definition) is 0. The number of piperidine rings is 2. The van der Waals surface area contributed by atoms with Crippen LogP contribution in [0.4, 0.5) is 0 Å². The van der Waals surface area contributed by atoms with Crippen molar-refractivity contribution in [1.29, 1.82) is 0 Å². The van der Waals surface area contributed by atoms with Crippen molar-refractivity contribution in [3.05, 3.63) is 35.1 Å². The fraction of sp³-hybridized carbons (Fsp3) is 0.611. The van der Waals surface area contributed by atoms with Crippen molar-refractivity contribution in [1.82, 2.24) is 34.3 Å². The molecule has 2 aromatic heterocycles. The molecule has 0 bridgehead atoms. The molecule has 4 rings (SSSR count). The number of amides is 1. The van der Waals surface area contributed by atoms with Crippen LogP contribution in [0, 0.1) is 5.92 Å². The molecule has 9 heteroatoms. The molecular formula is C18H25N7O2. The normalized spacial score (nSPS) is 22.3. The van der Waals surface area contributed by atoms with Crippen molar-refractivity contribution in [3.8, 4) is 5.82 Å². The van der Waals surface area contributed by atoms with Crippen LogP contribution in [0.1, 0.15) is 25.7 Å². The number of carbonyl (C=O) groups excluding carboxylic acids is 1. The molecule has 0 spiro atoms. The Morgan fingerprint density at radius 3 is 2.67 bits per heavy atom. The lowest BCUT2D eigenvalue weighted by Crippen LogP contribution is -2.53. The number of likely N-dealkylation sites (N-methyl/N-ethyl adjacent to an activating group) is 1. The van der Waals surface area contributed by atoms with E-state index in [1.807, 2.05) is 11.9 Å². The van der Waals surface area contributed by atoms with Crippen LogP contribution in [-0.2, 0) is 11.3 Å². The zero-order valence-electron chi connectivity index (χ0n) is 15.6. The molecule has 27 heavy (non-hydrogen) atoms. The summed E-state index contributed by atoms with van der Waals surface area (Å²) in [6.45, 7) is 3.25. The molecule has 2 saturated heterocycles. The highest BCUT2D eigenvalue weighted by Crippen LogP contribution is 2.24. The van der Waals surface area contributed by atoms with Gasteiger partial charge in [-0.05, 0) is 50.8 Å². The van der Waals surface area contributed by atoms with Crippen LogP contribution in [0.5, 0.6) is 0 Å². The molecule has 0 saturated carbocycles. The van der Waals surface area contributed by atoms with Crippen LogP contribution in [-0.4, -0.2) is 73.0 Å². The Kier molecular flexibility index (Phi) is 5.02. The Labute approximate surface area is 157 Å². The molecule has 2 aromatic rings. The van der Waals surface area contributed by atoms with E-state index in [9.17, 15) is 9.59 Å². The maximum Gasteiger partial charge on any atom is 0.266 e. The first kappa shape index (κ1) is 17.8. The van der Waals surface area contributed by atoms with Crippen molar-refractivity contribution in [2.24, 2.45) is 5.92 Å². The van der Waals surface area contributed by atoms with E-state index in [4.69, 9.17) is 0 Å². The van der Waals surface area contributed by atoms with Crippen LogP contribution >= 0.6 is 0 Å². The minimum atomic E-state index is -0.106. The van der Waals surface area contributed by atoms with Crippen molar-refractivity contribution in [3.63, 3.8) is 0 Å². The first-order valence-electron chi connectivity index (χ1n) is 9.54. The van der Waals surface area contributed by atoms with Gasteiger partial charge in [-0.15, -0.1) is 5.10 Å². The molecule has 4 heterocycles. The Hall–Kier alpha value is -2.55. The predicted octanol–water partition coefficient (Wildman–Crippen LogP) is 0.157. The average molecular weight is 371 g/mol. The Morgan fingerprint density at radius 1 is 1.11 bits per heavy atom. The maximum atomic E-state index is 12.4. The first-order chi connectivity index (χ1) is 13.1. The van der Waals surface area contributed by atoms with Gasteiger partial charge in [-0.3, -0.25) is 14.5 Å². The number of nitrogens with zero attached hydrogens (tertiary/aromatic N) is 7. The monoisotopic (exact) mass is 371 g/mol. The number of carbonyl (C=O) groups is 1. The van der Waals surface area contributed by atoms with Gasteiger partial charge in [0.1, 0.15) is 12.7 Å². The van der Waals surface area contributed by atoms with Crippen LogP contribution in [0.2, 0.25) is 0 Å². The molecule has 0 aliphatic carbocycles. The van der Waals surface area contributed by atoms with E-state index in [0.717, 1.165) is 45.3 Å². The third kappa shape index (κ3) is 3.78. The Bertz CT molecular complexity index is 840. The van der Waals surface area contributed by atoms with E-state index < -0.39 is 0 Å². The largest absolute Gasteiger partial charge is 0.344 e. The quantitative estimate of drug-likeness (QED) is 0.760. The van der Waals surface area contributed by atoms with Gasteiger partial charge in [0.2, 0.25) is 5.91 Å². The average Bonchev–Trinajstić information content (AvgIpc) is 3.21. The molecule has 2 fully saturated rings. The summed E-state index contributed by atoms with van der Waals surface area (Å²) in [7, 11) is 1.89. The third-order valence-corrected chi connectivity index (χ3v) is 5.66. The summed E-state index contributed by atoms with van der Waals surface area (Å²) in [5.74, 6) is 1.22. The van der Waals surface area contributed by atoms with Gasteiger partial charge in [0.15, 0.2) is 5.82 Å². The second-order valence-corrected chi connectivity index (χ2v) is 7.45. The zero-order valence-corrected chi connectivity index (χ0v) is 15.6. The highest BCUT2D eigenvalue weighted by molar-refractivity contribution is 5.82. The standard InChI is InChI=1S/C18H25N7O2/c1-22-8-2-3-15(18(22)27)23-9-6-14(7-10-23)11-24-17(26)5-4-16(21-24)25-13-19-12-20-25/h4-5,12-15H,2-3,6-11H2,1H3. The van der Waals surface area contributed by atoms with Crippen LogP contribution in [0.3, 0.4) is 0 Å². The van der Waals surface area contributed by atoms with Gasteiger partial charge < -0.3 is 4.90 Å². The van der Waals surface area contributed by atoms with E-state index in [2.05, 4.69) is 20.1 Å². The van der Waals surface area contributed by atoms with E-state index in [1.165, 1.54) is 17.1 Å². The zero-order chi connectivity index (χ0) is 18.8. The molecule has 144 valence electrons. The highest BCUT2D eigenvalue weighted by Gasteiger charge is 2.33. The van der Waals surface area contributed by atoms with Gasteiger partial charge in [-0.1, -0.05) is 0 Å². The summed E-state index contributed by atoms with van der Waals surface area (Å²) in [6.07, 6.45) is 6.96. The smallest absolute Gasteiger partial charge is 0.266 e. The molecule has 0 N–H and O–H groups in total. The summed E-state index contributed by atoms with van der Waals surface area (Å²) in [6, 6.07) is 3.21. The molecule has 1 unspecified atom stereocenters. The minimum absolute atomic E-state index is 0.0289. The molecule has 1 amide bonds. The molecule has 0 radical (unpaired) electrons. The lowest BCUT2D eigenvalue weighted by Gasteiger charge is -2.40.